The molecule has 0 amide bonds. The monoisotopic (exact) mass is 247 g/mol. The van der Waals surface area contributed by atoms with E-state index in [0.717, 1.165) is 19.3 Å². The Labute approximate surface area is 110 Å². The maximum Gasteiger partial charge on any atom is 0.0891 e. The standard InChI is InChI=1S/C16H25NO/c1-11-5-12(2)8-16(18,7-11)15(10-17)9-13-3-4-14(15)6-13/h11-14,18H,3-9H2,1-2H3. The van der Waals surface area contributed by atoms with Gasteiger partial charge in [0.15, 0.2) is 0 Å². The van der Waals surface area contributed by atoms with E-state index in [0.29, 0.717) is 23.7 Å². The van der Waals surface area contributed by atoms with Crippen LogP contribution in [-0.4, -0.2) is 10.7 Å². The van der Waals surface area contributed by atoms with Crippen molar-refractivity contribution in [1.29, 1.82) is 5.26 Å². The first-order valence-corrected chi connectivity index (χ1v) is 7.63. The molecule has 2 bridgehead atoms. The number of hydrogen-bond acceptors (Lipinski definition) is 2. The van der Waals surface area contributed by atoms with Crippen molar-refractivity contribution in [3.05, 3.63) is 0 Å². The number of hydrogen-bond donors (Lipinski definition) is 1. The molecule has 0 aromatic heterocycles. The molecule has 100 valence electrons. The summed E-state index contributed by atoms with van der Waals surface area (Å²) < 4.78 is 0. The van der Waals surface area contributed by atoms with E-state index < -0.39 is 11.0 Å². The van der Waals surface area contributed by atoms with E-state index >= 15 is 0 Å². The Morgan fingerprint density at radius 1 is 1.06 bits per heavy atom. The SMILES string of the molecule is CC1CC(C)CC(O)(C2(C#N)CC3CCC2C3)C1. The summed E-state index contributed by atoms with van der Waals surface area (Å²) >= 11 is 0. The van der Waals surface area contributed by atoms with Gasteiger partial charge >= 0.3 is 0 Å². The lowest BCUT2D eigenvalue weighted by molar-refractivity contribution is -0.127. The number of nitriles is 1. The van der Waals surface area contributed by atoms with Gasteiger partial charge in [-0.05, 0) is 62.2 Å². The van der Waals surface area contributed by atoms with Crippen molar-refractivity contribution in [3.63, 3.8) is 0 Å². The molecule has 0 heterocycles. The summed E-state index contributed by atoms with van der Waals surface area (Å²) in [5, 5.41) is 21.1. The fourth-order valence-electron chi connectivity index (χ4n) is 5.59. The van der Waals surface area contributed by atoms with Crippen molar-refractivity contribution >= 4 is 0 Å². The summed E-state index contributed by atoms with van der Waals surface area (Å²) in [7, 11) is 0. The van der Waals surface area contributed by atoms with Crippen molar-refractivity contribution in [2.75, 3.05) is 0 Å². The van der Waals surface area contributed by atoms with Crippen molar-refractivity contribution in [2.45, 2.75) is 64.4 Å². The molecule has 5 atom stereocenters. The van der Waals surface area contributed by atoms with Gasteiger partial charge in [0, 0.05) is 0 Å². The van der Waals surface area contributed by atoms with Crippen LogP contribution in [0.25, 0.3) is 0 Å². The highest BCUT2D eigenvalue weighted by atomic mass is 16.3. The van der Waals surface area contributed by atoms with Gasteiger partial charge in [-0.3, -0.25) is 0 Å². The predicted molar refractivity (Wildman–Crippen MR) is 70.6 cm³/mol. The molecule has 0 aromatic carbocycles. The topological polar surface area (TPSA) is 44.0 Å². The molecule has 0 radical (unpaired) electrons. The zero-order chi connectivity index (χ0) is 13.0. The molecule has 0 spiro atoms. The van der Waals surface area contributed by atoms with E-state index in [-0.39, 0.29) is 0 Å². The summed E-state index contributed by atoms with van der Waals surface area (Å²) in [4.78, 5) is 0. The molecular formula is C16H25NO. The summed E-state index contributed by atoms with van der Waals surface area (Å²) in [5.74, 6) is 2.30. The Kier molecular flexibility index (Phi) is 2.75. The van der Waals surface area contributed by atoms with Crippen LogP contribution >= 0.6 is 0 Å². The summed E-state index contributed by atoms with van der Waals surface area (Å²) in [6, 6.07) is 2.61. The van der Waals surface area contributed by atoms with Gasteiger partial charge in [0.25, 0.3) is 0 Å². The van der Waals surface area contributed by atoms with Crippen molar-refractivity contribution in [3.8, 4) is 6.07 Å². The third kappa shape index (κ3) is 1.56. The van der Waals surface area contributed by atoms with Gasteiger partial charge in [0.1, 0.15) is 0 Å². The molecule has 3 fully saturated rings. The molecule has 1 N–H and O–H groups in total. The van der Waals surface area contributed by atoms with Crippen LogP contribution in [-0.2, 0) is 0 Å². The van der Waals surface area contributed by atoms with Crippen LogP contribution in [0.2, 0.25) is 0 Å². The second-order valence-electron chi connectivity index (χ2n) is 7.55. The van der Waals surface area contributed by atoms with Crippen LogP contribution in [0.4, 0.5) is 0 Å². The maximum absolute atomic E-state index is 11.3. The first-order valence-electron chi connectivity index (χ1n) is 7.63. The minimum atomic E-state index is -0.710. The van der Waals surface area contributed by atoms with Crippen molar-refractivity contribution in [1.82, 2.24) is 0 Å². The smallest absolute Gasteiger partial charge is 0.0891 e. The molecule has 2 heteroatoms. The van der Waals surface area contributed by atoms with Crippen LogP contribution in [0.1, 0.15) is 58.8 Å². The molecule has 2 nitrogen and oxygen atoms in total. The van der Waals surface area contributed by atoms with Crippen molar-refractivity contribution in [2.24, 2.45) is 29.1 Å². The second-order valence-corrected chi connectivity index (χ2v) is 7.55. The van der Waals surface area contributed by atoms with Crippen LogP contribution < -0.4 is 0 Å². The quantitative estimate of drug-likeness (QED) is 0.770. The molecule has 5 unspecified atom stereocenters. The lowest BCUT2D eigenvalue weighted by atomic mass is 9.56. The van der Waals surface area contributed by atoms with E-state index in [4.69, 9.17) is 0 Å². The molecule has 3 rings (SSSR count). The van der Waals surface area contributed by atoms with Crippen LogP contribution in [0.3, 0.4) is 0 Å². The number of nitrogens with zero attached hydrogens (tertiary/aromatic N) is 1. The van der Waals surface area contributed by atoms with E-state index in [1.165, 1.54) is 25.7 Å². The van der Waals surface area contributed by atoms with Crippen molar-refractivity contribution < 1.29 is 5.11 Å². The third-order valence-electron chi connectivity index (χ3n) is 6.06. The molecule has 3 aliphatic rings. The highest BCUT2D eigenvalue weighted by Gasteiger charge is 2.63. The fourth-order valence-corrected chi connectivity index (χ4v) is 5.59. The van der Waals surface area contributed by atoms with Gasteiger partial charge in [-0.2, -0.15) is 5.26 Å². The average molecular weight is 247 g/mol. The predicted octanol–water partition coefficient (Wildman–Crippen LogP) is 3.50. The molecule has 3 saturated carbocycles. The van der Waals surface area contributed by atoms with Gasteiger partial charge < -0.3 is 5.11 Å². The zero-order valence-electron chi connectivity index (χ0n) is 11.7. The summed E-state index contributed by atoms with van der Waals surface area (Å²) in [6.45, 7) is 4.47. The minimum Gasteiger partial charge on any atom is -0.388 e. The van der Waals surface area contributed by atoms with E-state index in [2.05, 4.69) is 19.9 Å². The summed E-state index contributed by atoms with van der Waals surface area (Å²) in [5.41, 5.74) is -1.13. The van der Waals surface area contributed by atoms with Crippen LogP contribution in [0.15, 0.2) is 0 Å². The Hall–Kier alpha value is -0.550. The minimum absolute atomic E-state index is 0.418. The van der Waals surface area contributed by atoms with E-state index in [1.807, 2.05) is 0 Å². The van der Waals surface area contributed by atoms with Gasteiger partial charge in [-0.15, -0.1) is 0 Å². The molecule has 0 aliphatic heterocycles. The second kappa shape index (κ2) is 3.97. The third-order valence-corrected chi connectivity index (χ3v) is 6.06. The number of rotatable bonds is 1. The van der Waals surface area contributed by atoms with Crippen LogP contribution in [0.5, 0.6) is 0 Å². The fraction of sp³-hybridized carbons (Fsp3) is 0.938. The largest absolute Gasteiger partial charge is 0.388 e. The molecule has 3 aliphatic carbocycles. The van der Waals surface area contributed by atoms with Crippen LogP contribution in [0, 0.1) is 40.4 Å². The molecule has 18 heavy (non-hydrogen) atoms. The van der Waals surface area contributed by atoms with Gasteiger partial charge in [0.2, 0.25) is 0 Å². The molecule has 0 saturated heterocycles. The number of fused-ring (bicyclic) bond motifs is 2. The highest BCUT2D eigenvalue weighted by Crippen LogP contribution is 2.63. The van der Waals surface area contributed by atoms with Gasteiger partial charge in [0.05, 0.1) is 17.1 Å². The first-order chi connectivity index (χ1) is 8.49. The lowest BCUT2D eigenvalue weighted by Gasteiger charge is -2.50. The van der Waals surface area contributed by atoms with E-state index in [1.54, 1.807) is 0 Å². The van der Waals surface area contributed by atoms with E-state index in [9.17, 15) is 10.4 Å². The Balaban J connectivity index is 1.94. The number of aliphatic hydroxyl groups is 1. The Bertz CT molecular complexity index is 375. The molecule has 0 aromatic rings. The zero-order valence-corrected chi connectivity index (χ0v) is 11.7. The lowest BCUT2D eigenvalue weighted by Crippen LogP contribution is -2.54. The van der Waals surface area contributed by atoms with Gasteiger partial charge in [-0.1, -0.05) is 20.3 Å². The summed E-state index contributed by atoms with van der Waals surface area (Å²) in [6.07, 6.45) is 7.50. The first kappa shape index (κ1) is 12.5. The molecular weight excluding hydrogens is 222 g/mol. The Morgan fingerprint density at radius 3 is 2.17 bits per heavy atom. The normalized spacial score (nSPS) is 55.4. The average Bonchev–Trinajstić information content (AvgIpc) is 2.86. The van der Waals surface area contributed by atoms with Gasteiger partial charge in [-0.25, -0.2) is 0 Å². The highest BCUT2D eigenvalue weighted by molar-refractivity contribution is 5.21. The maximum atomic E-state index is 11.3. The Morgan fingerprint density at radius 2 is 1.72 bits per heavy atom.